The van der Waals surface area contributed by atoms with E-state index in [9.17, 15) is 37.3 Å². The molecule has 0 bridgehead atoms. The minimum atomic E-state index is -5.22. The number of hydrogen-bond donors (Lipinski definition) is 0. The molecule has 2 aromatic heterocycles. The number of carbonyl (C=O) groups is 1. The number of hydrogen-bond acceptors (Lipinski definition) is 8. The minimum Gasteiger partial charge on any atom is -0.490 e. The maximum atomic E-state index is 14.9. The van der Waals surface area contributed by atoms with E-state index in [1.54, 1.807) is 25.7 Å². The number of alkyl halides is 3. The first-order chi connectivity index (χ1) is 19.2. The fourth-order valence-corrected chi connectivity index (χ4v) is 5.12. The Labute approximate surface area is 230 Å². The molecule has 1 aromatic carbocycles. The summed E-state index contributed by atoms with van der Waals surface area (Å²) in [5, 5.41) is 11.4. The molecular weight excluding hydrogens is 554 g/mol. The summed E-state index contributed by atoms with van der Waals surface area (Å²) in [6.07, 6.45) is -4.15. The van der Waals surface area contributed by atoms with Gasteiger partial charge >= 0.3 is 12.3 Å². The van der Waals surface area contributed by atoms with E-state index in [1.165, 1.54) is 11.1 Å². The molecule has 2 aliphatic rings. The highest BCUT2D eigenvalue weighted by Crippen LogP contribution is 2.42. The van der Waals surface area contributed by atoms with Gasteiger partial charge in [0, 0.05) is 37.5 Å². The summed E-state index contributed by atoms with van der Waals surface area (Å²) in [5.41, 5.74) is -6.20. The number of piperazine rings is 1. The number of nitro benzene ring substituents is 1. The standard InChI is InChI=1S/C26H25F4N5O6/c1-25(2,3)41-24(37)32-8-9-33-14(13-32)7-10-40-18-12-31-20-15(21(18)33)11-19(26(28,29)30)34(23(20)36)22-16(27)5-4-6-17(22)35(38)39/h4-6,11-12,14H,7-10,13H2,1-3H3. The quantitative estimate of drug-likeness (QED) is 0.244. The van der Waals surface area contributed by atoms with Crippen molar-refractivity contribution in [1.29, 1.82) is 0 Å². The molecule has 0 spiro atoms. The molecule has 3 aromatic rings. The zero-order valence-corrected chi connectivity index (χ0v) is 22.2. The van der Waals surface area contributed by atoms with Crippen molar-refractivity contribution < 1.29 is 36.8 Å². The smallest absolute Gasteiger partial charge is 0.431 e. The summed E-state index contributed by atoms with van der Waals surface area (Å²) in [4.78, 5) is 44.1. The van der Waals surface area contributed by atoms with Crippen molar-refractivity contribution in [2.45, 2.75) is 45.0 Å². The monoisotopic (exact) mass is 579 g/mol. The van der Waals surface area contributed by atoms with E-state index in [-0.39, 0.29) is 47.6 Å². The average molecular weight is 580 g/mol. The van der Waals surface area contributed by atoms with E-state index in [1.807, 2.05) is 0 Å². The van der Waals surface area contributed by atoms with Gasteiger partial charge in [0.1, 0.15) is 16.8 Å². The van der Waals surface area contributed by atoms with E-state index < -0.39 is 62.8 Å². The molecule has 1 saturated heterocycles. The Bertz CT molecular complexity index is 1620. The normalized spacial score (nSPS) is 17.4. The Balaban J connectivity index is 1.70. The van der Waals surface area contributed by atoms with Crippen LogP contribution < -0.4 is 15.2 Å². The SMILES string of the molecule is CC(C)(C)OC(=O)N1CCN2c3c(cnc4c(=O)n(-c5c(F)cccc5[N+](=O)[O-])c(C(F)(F)F)cc34)OCCC2C1. The lowest BCUT2D eigenvalue weighted by molar-refractivity contribution is -0.384. The van der Waals surface area contributed by atoms with Crippen molar-refractivity contribution >= 4 is 28.4 Å². The second-order valence-electron chi connectivity index (χ2n) is 10.7. The first-order valence-corrected chi connectivity index (χ1v) is 12.6. The third-order valence-electron chi connectivity index (χ3n) is 6.79. The number of halogens is 4. The molecule has 218 valence electrons. The summed E-state index contributed by atoms with van der Waals surface area (Å²) < 4.78 is 69.4. The van der Waals surface area contributed by atoms with Gasteiger partial charge in [0.05, 0.1) is 29.5 Å². The van der Waals surface area contributed by atoms with Crippen molar-refractivity contribution in [3.05, 3.63) is 62.4 Å². The molecule has 41 heavy (non-hydrogen) atoms. The third kappa shape index (κ3) is 5.11. The molecule has 0 N–H and O–H groups in total. The molecular formula is C26H25F4N5O6. The van der Waals surface area contributed by atoms with E-state index >= 15 is 0 Å². The highest BCUT2D eigenvalue weighted by molar-refractivity contribution is 5.95. The number of carbonyl (C=O) groups excluding carboxylic acids is 1. The van der Waals surface area contributed by atoms with Crippen LogP contribution in [-0.2, 0) is 10.9 Å². The second-order valence-corrected chi connectivity index (χ2v) is 10.7. The van der Waals surface area contributed by atoms with Crippen LogP contribution in [0.4, 0.5) is 33.7 Å². The Morgan fingerprint density at radius 2 is 1.93 bits per heavy atom. The lowest BCUT2D eigenvalue weighted by atomic mass is 10.1. The van der Waals surface area contributed by atoms with Crippen LogP contribution in [0, 0.1) is 15.9 Å². The van der Waals surface area contributed by atoms with Gasteiger partial charge in [0.2, 0.25) is 0 Å². The molecule has 0 radical (unpaired) electrons. The molecule has 4 heterocycles. The summed E-state index contributed by atoms with van der Waals surface area (Å²) in [6.45, 7) is 5.91. The number of benzene rings is 1. The van der Waals surface area contributed by atoms with Crippen LogP contribution in [0.25, 0.3) is 16.6 Å². The average Bonchev–Trinajstić information content (AvgIpc) is 3.06. The van der Waals surface area contributed by atoms with E-state index in [0.717, 1.165) is 18.2 Å². The van der Waals surface area contributed by atoms with Crippen LogP contribution in [0.5, 0.6) is 5.75 Å². The molecule has 0 saturated carbocycles. The van der Waals surface area contributed by atoms with Gasteiger partial charge in [0.15, 0.2) is 17.3 Å². The highest BCUT2D eigenvalue weighted by atomic mass is 19.4. The van der Waals surface area contributed by atoms with Crippen LogP contribution >= 0.6 is 0 Å². The number of fused-ring (bicyclic) bond motifs is 5. The maximum absolute atomic E-state index is 14.9. The molecule has 1 atom stereocenters. The Morgan fingerprint density at radius 1 is 1.20 bits per heavy atom. The van der Waals surface area contributed by atoms with E-state index in [2.05, 4.69) is 4.98 Å². The van der Waals surface area contributed by atoms with Crippen molar-refractivity contribution in [1.82, 2.24) is 14.5 Å². The van der Waals surface area contributed by atoms with Gasteiger partial charge in [-0.25, -0.2) is 14.2 Å². The van der Waals surface area contributed by atoms with Crippen molar-refractivity contribution in [2.75, 3.05) is 31.1 Å². The Morgan fingerprint density at radius 3 is 2.59 bits per heavy atom. The van der Waals surface area contributed by atoms with Crippen molar-refractivity contribution in [3.63, 3.8) is 0 Å². The Hall–Kier alpha value is -4.43. The zero-order chi connectivity index (χ0) is 29.9. The number of para-hydroxylation sites is 1. The van der Waals surface area contributed by atoms with Gasteiger partial charge in [-0.05, 0) is 32.9 Å². The minimum absolute atomic E-state index is 0.0509. The van der Waals surface area contributed by atoms with Crippen LogP contribution in [-0.4, -0.2) is 63.4 Å². The summed E-state index contributed by atoms with van der Waals surface area (Å²) in [5.74, 6) is -1.25. The van der Waals surface area contributed by atoms with Gasteiger partial charge in [-0.3, -0.25) is 19.5 Å². The van der Waals surface area contributed by atoms with Crippen LogP contribution in [0.2, 0.25) is 0 Å². The van der Waals surface area contributed by atoms with Gasteiger partial charge in [-0.2, -0.15) is 13.2 Å². The largest absolute Gasteiger partial charge is 0.490 e. The van der Waals surface area contributed by atoms with Crippen molar-refractivity contribution in [2.24, 2.45) is 0 Å². The fraction of sp³-hybridized carbons (Fsp3) is 0.423. The lowest BCUT2D eigenvalue weighted by Gasteiger charge is -2.42. The number of nitro groups is 1. The molecule has 0 aliphatic carbocycles. The molecule has 1 amide bonds. The van der Waals surface area contributed by atoms with Crippen LogP contribution in [0.15, 0.2) is 35.3 Å². The lowest BCUT2D eigenvalue weighted by Crippen LogP contribution is -2.55. The second kappa shape index (κ2) is 9.89. The van der Waals surface area contributed by atoms with Gasteiger partial charge in [-0.15, -0.1) is 0 Å². The topological polar surface area (TPSA) is 120 Å². The van der Waals surface area contributed by atoms with Gasteiger partial charge in [-0.1, -0.05) is 6.07 Å². The predicted molar refractivity (Wildman–Crippen MR) is 138 cm³/mol. The number of nitrogens with zero attached hydrogens (tertiary/aromatic N) is 5. The first-order valence-electron chi connectivity index (χ1n) is 12.6. The number of pyridine rings is 2. The number of aromatic nitrogens is 2. The number of rotatable bonds is 2. The highest BCUT2D eigenvalue weighted by Gasteiger charge is 2.41. The Kier molecular flexibility index (Phi) is 6.78. The first kappa shape index (κ1) is 28.1. The summed E-state index contributed by atoms with van der Waals surface area (Å²) >= 11 is 0. The molecule has 2 aliphatic heterocycles. The third-order valence-corrected chi connectivity index (χ3v) is 6.79. The van der Waals surface area contributed by atoms with Gasteiger partial charge < -0.3 is 19.3 Å². The molecule has 11 nitrogen and oxygen atoms in total. The van der Waals surface area contributed by atoms with E-state index in [4.69, 9.17) is 9.47 Å². The molecule has 1 unspecified atom stereocenters. The van der Waals surface area contributed by atoms with Crippen LogP contribution in [0.3, 0.4) is 0 Å². The number of ether oxygens (including phenoxy) is 2. The number of anilines is 1. The fourth-order valence-electron chi connectivity index (χ4n) is 5.12. The van der Waals surface area contributed by atoms with Gasteiger partial charge in [0.25, 0.3) is 11.2 Å². The summed E-state index contributed by atoms with van der Waals surface area (Å²) in [6, 6.07) is 2.73. The zero-order valence-electron chi connectivity index (χ0n) is 22.2. The van der Waals surface area contributed by atoms with E-state index in [0.29, 0.717) is 12.5 Å². The van der Waals surface area contributed by atoms with Crippen molar-refractivity contribution in [3.8, 4) is 11.4 Å². The maximum Gasteiger partial charge on any atom is 0.431 e. The van der Waals surface area contributed by atoms with Crippen LogP contribution in [0.1, 0.15) is 32.9 Å². The predicted octanol–water partition coefficient (Wildman–Crippen LogP) is 4.66. The molecule has 15 heteroatoms. The number of amides is 1. The summed E-state index contributed by atoms with van der Waals surface area (Å²) in [7, 11) is 0. The molecule has 1 fully saturated rings. The molecule has 5 rings (SSSR count).